The third kappa shape index (κ3) is 4.35. The average molecular weight is 388 g/mol. The van der Waals surface area contributed by atoms with Crippen LogP contribution in [-0.4, -0.2) is 42.0 Å². The first kappa shape index (κ1) is 20.3. The van der Waals surface area contributed by atoms with Crippen molar-refractivity contribution in [2.24, 2.45) is 0 Å². The van der Waals surface area contributed by atoms with Crippen LogP contribution >= 0.6 is 0 Å². The summed E-state index contributed by atoms with van der Waals surface area (Å²) in [5.41, 5.74) is 4.11. The van der Waals surface area contributed by atoms with Crippen molar-refractivity contribution in [3.63, 3.8) is 0 Å². The van der Waals surface area contributed by atoms with Gasteiger partial charge in [-0.05, 0) is 24.3 Å². The predicted molar refractivity (Wildman–Crippen MR) is 105 cm³/mol. The minimum Gasteiger partial charge on any atom is -0.326 e. The van der Waals surface area contributed by atoms with Gasteiger partial charge in [0.05, 0.1) is 7.05 Å². The number of carbonyl (C=O) groups is 3. The molecule has 1 aromatic carbocycles. The van der Waals surface area contributed by atoms with Crippen molar-refractivity contribution in [2.45, 2.75) is 64.0 Å². The van der Waals surface area contributed by atoms with Crippen molar-refractivity contribution in [3.05, 3.63) is 35.4 Å². The molecule has 1 saturated carbocycles. The van der Waals surface area contributed by atoms with Gasteiger partial charge in [0.25, 0.3) is 11.8 Å². The predicted octanol–water partition coefficient (Wildman–Crippen LogP) is 1.11. The number of hydrogen-bond acceptors (Lipinski definition) is 3. The number of imide groups is 1. The first-order valence-corrected chi connectivity index (χ1v) is 10.2. The lowest BCUT2D eigenvalue weighted by Gasteiger charge is -2.30. The van der Waals surface area contributed by atoms with Gasteiger partial charge >= 0.3 is 6.03 Å². The summed E-state index contributed by atoms with van der Waals surface area (Å²) in [6.07, 6.45) is 4.18. The third-order valence-corrected chi connectivity index (χ3v) is 5.72. The lowest BCUT2D eigenvalue weighted by Crippen LogP contribution is -3.09. The molecule has 1 unspecified atom stereocenters. The number of rotatable bonds is 6. The van der Waals surface area contributed by atoms with Crippen LogP contribution in [0.15, 0.2) is 24.3 Å². The largest absolute Gasteiger partial charge is 0.344 e. The molecule has 0 aromatic heterocycles. The van der Waals surface area contributed by atoms with Crippen molar-refractivity contribution < 1.29 is 19.3 Å². The Hall–Kier alpha value is -2.41. The van der Waals surface area contributed by atoms with Gasteiger partial charge in [-0.25, -0.2) is 4.79 Å². The minimum absolute atomic E-state index is 0.177. The lowest BCUT2D eigenvalue weighted by atomic mass is 9.82. The lowest BCUT2D eigenvalue weighted by molar-refractivity contribution is -0.885. The highest BCUT2D eigenvalue weighted by Crippen LogP contribution is 2.32. The highest BCUT2D eigenvalue weighted by Gasteiger charge is 2.52. The van der Waals surface area contributed by atoms with Crippen LogP contribution in [-0.2, 0) is 16.1 Å². The Balaban J connectivity index is 1.53. The van der Waals surface area contributed by atoms with Gasteiger partial charge < -0.3 is 10.2 Å². The van der Waals surface area contributed by atoms with E-state index in [0.717, 1.165) is 34.7 Å². The fraction of sp³-hybridized carbons (Fsp3) is 0.571. The van der Waals surface area contributed by atoms with E-state index in [1.165, 1.54) is 5.56 Å². The third-order valence-electron chi connectivity index (χ3n) is 5.72. The molecule has 1 heterocycles. The Kier molecular flexibility index (Phi) is 6.03. The number of hydrazine groups is 1. The number of urea groups is 1. The molecule has 1 aliphatic heterocycles. The molecule has 7 heteroatoms. The highest BCUT2D eigenvalue weighted by atomic mass is 16.2. The van der Waals surface area contributed by atoms with Crippen LogP contribution in [0.1, 0.15) is 63.0 Å². The molecule has 2 aliphatic rings. The van der Waals surface area contributed by atoms with Crippen LogP contribution in [0.4, 0.5) is 4.79 Å². The molecule has 152 valence electrons. The van der Waals surface area contributed by atoms with E-state index in [1.54, 1.807) is 0 Å². The van der Waals surface area contributed by atoms with Crippen LogP contribution in [0.5, 0.6) is 0 Å². The van der Waals surface area contributed by atoms with Gasteiger partial charge in [-0.3, -0.25) is 15.0 Å². The Labute approximate surface area is 166 Å². The summed E-state index contributed by atoms with van der Waals surface area (Å²) >= 11 is 0. The highest BCUT2D eigenvalue weighted by molar-refractivity contribution is 6.08. The van der Waals surface area contributed by atoms with E-state index in [1.807, 2.05) is 7.05 Å². The second-order valence-corrected chi connectivity index (χ2v) is 8.46. The maximum atomic E-state index is 12.7. The molecule has 1 atom stereocenters. The summed E-state index contributed by atoms with van der Waals surface area (Å²) in [6.45, 7) is 5.18. The molecule has 0 radical (unpaired) electrons. The molecular formula is C21H31N4O3+. The maximum absolute atomic E-state index is 12.7. The van der Waals surface area contributed by atoms with E-state index in [0.29, 0.717) is 25.3 Å². The van der Waals surface area contributed by atoms with Crippen LogP contribution < -0.4 is 15.6 Å². The first-order valence-electron chi connectivity index (χ1n) is 10.2. The summed E-state index contributed by atoms with van der Waals surface area (Å²) in [5, 5.41) is 3.67. The smallest absolute Gasteiger partial charge is 0.326 e. The quantitative estimate of drug-likeness (QED) is 0.640. The maximum Gasteiger partial charge on any atom is 0.344 e. The van der Waals surface area contributed by atoms with E-state index in [4.69, 9.17) is 0 Å². The molecular weight excluding hydrogens is 356 g/mol. The molecule has 3 rings (SSSR count). The zero-order valence-corrected chi connectivity index (χ0v) is 17.0. The molecule has 2 fully saturated rings. The van der Waals surface area contributed by atoms with Gasteiger partial charge in [0, 0.05) is 5.56 Å². The number of nitrogens with one attached hydrogen (secondary N) is 3. The van der Waals surface area contributed by atoms with Crippen LogP contribution in [0, 0.1) is 0 Å². The van der Waals surface area contributed by atoms with E-state index in [2.05, 4.69) is 48.9 Å². The van der Waals surface area contributed by atoms with Crippen LogP contribution in [0.25, 0.3) is 0 Å². The molecule has 1 aliphatic carbocycles. The van der Waals surface area contributed by atoms with Crippen molar-refractivity contribution >= 4 is 17.8 Å². The van der Waals surface area contributed by atoms with Gasteiger partial charge in [-0.2, -0.15) is 5.01 Å². The number of carbonyl (C=O) groups excluding carboxylic acids is 3. The van der Waals surface area contributed by atoms with Crippen molar-refractivity contribution in [2.75, 3.05) is 13.6 Å². The Morgan fingerprint density at radius 2 is 1.82 bits per heavy atom. The molecule has 7 nitrogen and oxygen atoms in total. The molecule has 0 bridgehead atoms. The van der Waals surface area contributed by atoms with Crippen LogP contribution in [0.3, 0.4) is 0 Å². The minimum atomic E-state index is -0.820. The average Bonchev–Trinajstić information content (AvgIpc) is 2.86. The SMILES string of the molecule is CC(C)c1ccc(C[NH+](C)CC(=O)NN2C(=O)NC3(CCCCC3)C2=O)cc1. The summed E-state index contributed by atoms with van der Waals surface area (Å²) in [7, 11) is 1.92. The fourth-order valence-electron chi connectivity index (χ4n) is 4.09. The standard InChI is InChI=1S/C21H30N4O3/c1-15(2)17-9-7-16(8-10-17)13-24(3)14-18(26)23-25-19(27)21(22-20(25)28)11-5-4-6-12-21/h7-10,15H,4-6,11-14H2,1-3H3,(H,22,28)(H,23,26)/p+1. The van der Waals surface area contributed by atoms with E-state index in [9.17, 15) is 14.4 Å². The summed E-state index contributed by atoms with van der Waals surface area (Å²) in [4.78, 5) is 38.3. The van der Waals surface area contributed by atoms with Gasteiger partial charge in [0.1, 0.15) is 12.1 Å². The molecule has 1 saturated heterocycles. The number of hydrogen-bond donors (Lipinski definition) is 3. The Bertz CT molecular complexity index is 739. The van der Waals surface area contributed by atoms with Gasteiger partial charge in [0.15, 0.2) is 6.54 Å². The zero-order valence-electron chi connectivity index (χ0n) is 17.0. The van der Waals surface area contributed by atoms with Gasteiger partial charge in [-0.1, -0.05) is 57.4 Å². The van der Waals surface area contributed by atoms with Crippen molar-refractivity contribution in [1.29, 1.82) is 0 Å². The van der Waals surface area contributed by atoms with E-state index >= 15 is 0 Å². The van der Waals surface area contributed by atoms with Gasteiger partial charge in [0.2, 0.25) is 0 Å². The second-order valence-electron chi connectivity index (χ2n) is 8.46. The summed E-state index contributed by atoms with van der Waals surface area (Å²) in [6, 6.07) is 7.87. The molecule has 1 aromatic rings. The molecule has 3 N–H and O–H groups in total. The number of quaternary nitrogens is 1. The van der Waals surface area contributed by atoms with Crippen molar-refractivity contribution in [3.8, 4) is 0 Å². The molecule has 1 spiro atoms. The summed E-state index contributed by atoms with van der Waals surface area (Å²) in [5.74, 6) is -0.179. The normalized spacial score (nSPS) is 19.8. The van der Waals surface area contributed by atoms with Crippen molar-refractivity contribution in [1.82, 2.24) is 15.8 Å². The van der Waals surface area contributed by atoms with E-state index in [-0.39, 0.29) is 18.4 Å². The summed E-state index contributed by atoms with van der Waals surface area (Å²) < 4.78 is 0. The molecule has 4 amide bonds. The van der Waals surface area contributed by atoms with Gasteiger partial charge in [-0.15, -0.1) is 0 Å². The topological polar surface area (TPSA) is 82.9 Å². The number of nitrogens with zero attached hydrogens (tertiary/aromatic N) is 1. The Morgan fingerprint density at radius 3 is 2.43 bits per heavy atom. The Morgan fingerprint density at radius 1 is 1.18 bits per heavy atom. The first-order chi connectivity index (χ1) is 13.3. The van der Waals surface area contributed by atoms with E-state index < -0.39 is 11.6 Å². The molecule has 28 heavy (non-hydrogen) atoms. The zero-order chi connectivity index (χ0) is 20.3. The monoisotopic (exact) mass is 387 g/mol. The fourth-order valence-corrected chi connectivity index (χ4v) is 4.09. The second kappa shape index (κ2) is 8.31. The number of benzene rings is 1. The number of amides is 4. The van der Waals surface area contributed by atoms with Crippen LogP contribution in [0.2, 0.25) is 0 Å². The number of likely N-dealkylation sites (N-methyl/N-ethyl adjacent to an activating group) is 1.